The molecule has 0 aliphatic carbocycles. The van der Waals surface area contributed by atoms with Gasteiger partial charge in [-0.1, -0.05) is 47.5 Å². The molecule has 0 fully saturated rings. The summed E-state index contributed by atoms with van der Waals surface area (Å²) in [6.45, 7) is 0. The Morgan fingerprint density at radius 3 is 2.53 bits per heavy atom. The summed E-state index contributed by atoms with van der Waals surface area (Å²) in [5, 5.41) is 3.87. The van der Waals surface area contributed by atoms with Crippen LogP contribution in [0.3, 0.4) is 0 Å². The molecule has 0 amide bonds. The SMILES string of the molecule is Clc1ccc2oc3c4ccccc4c(Cl)nc3c2c1. The number of fused-ring (bicyclic) bond motifs is 5. The quantitative estimate of drug-likeness (QED) is 0.403. The van der Waals surface area contributed by atoms with Gasteiger partial charge in [-0.25, -0.2) is 4.98 Å². The van der Waals surface area contributed by atoms with Gasteiger partial charge in [0.1, 0.15) is 16.3 Å². The zero-order valence-corrected chi connectivity index (χ0v) is 11.2. The molecule has 0 N–H and O–H groups in total. The van der Waals surface area contributed by atoms with E-state index in [9.17, 15) is 0 Å². The molecule has 0 saturated heterocycles. The Hall–Kier alpha value is -1.77. The first-order valence-corrected chi connectivity index (χ1v) is 6.55. The van der Waals surface area contributed by atoms with Crippen molar-refractivity contribution in [2.24, 2.45) is 0 Å². The molecule has 4 rings (SSSR count). The van der Waals surface area contributed by atoms with Gasteiger partial charge in [-0.3, -0.25) is 0 Å². The maximum atomic E-state index is 6.25. The molecule has 2 aromatic carbocycles. The summed E-state index contributed by atoms with van der Waals surface area (Å²) in [6.07, 6.45) is 0. The largest absolute Gasteiger partial charge is 0.454 e. The van der Waals surface area contributed by atoms with Crippen LogP contribution < -0.4 is 0 Å². The van der Waals surface area contributed by atoms with Crippen molar-refractivity contribution in [1.29, 1.82) is 0 Å². The van der Waals surface area contributed by atoms with Crippen LogP contribution in [0.1, 0.15) is 0 Å². The maximum Gasteiger partial charge on any atom is 0.161 e. The number of aromatic nitrogens is 1. The molecule has 0 bridgehead atoms. The van der Waals surface area contributed by atoms with Crippen molar-refractivity contribution >= 4 is 56.0 Å². The topological polar surface area (TPSA) is 26.0 Å². The highest BCUT2D eigenvalue weighted by Crippen LogP contribution is 2.36. The van der Waals surface area contributed by atoms with E-state index in [0.717, 1.165) is 32.8 Å². The monoisotopic (exact) mass is 287 g/mol. The standard InChI is InChI=1S/C15H7Cl2NO/c16-8-5-6-12-11(7-8)13-14(19-12)9-3-1-2-4-10(9)15(17)18-13/h1-7H. The lowest BCUT2D eigenvalue weighted by atomic mass is 10.1. The van der Waals surface area contributed by atoms with E-state index >= 15 is 0 Å². The van der Waals surface area contributed by atoms with Gasteiger partial charge in [-0.2, -0.15) is 0 Å². The third-order valence-electron chi connectivity index (χ3n) is 3.23. The molecule has 0 spiro atoms. The minimum absolute atomic E-state index is 0.478. The van der Waals surface area contributed by atoms with E-state index in [0.29, 0.717) is 10.2 Å². The number of halogens is 2. The fourth-order valence-corrected chi connectivity index (χ4v) is 2.79. The lowest BCUT2D eigenvalue weighted by molar-refractivity contribution is 0.672. The molecule has 4 heteroatoms. The molecule has 0 aliphatic heterocycles. The fraction of sp³-hybridized carbons (Fsp3) is 0. The lowest BCUT2D eigenvalue weighted by Gasteiger charge is -1.99. The van der Waals surface area contributed by atoms with Crippen LogP contribution in [0.2, 0.25) is 10.2 Å². The van der Waals surface area contributed by atoms with E-state index in [-0.39, 0.29) is 0 Å². The van der Waals surface area contributed by atoms with Crippen LogP contribution in [-0.2, 0) is 0 Å². The van der Waals surface area contributed by atoms with Crippen LogP contribution in [0.15, 0.2) is 46.9 Å². The molecule has 4 aromatic rings. The molecule has 19 heavy (non-hydrogen) atoms. The van der Waals surface area contributed by atoms with Crippen molar-refractivity contribution in [1.82, 2.24) is 4.98 Å². The molecular formula is C15H7Cl2NO. The van der Waals surface area contributed by atoms with Crippen LogP contribution >= 0.6 is 23.2 Å². The van der Waals surface area contributed by atoms with Crippen molar-refractivity contribution in [3.8, 4) is 0 Å². The summed E-state index contributed by atoms with van der Waals surface area (Å²) in [6, 6.07) is 13.3. The summed E-state index contributed by atoms with van der Waals surface area (Å²) in [4.78, 5) is 4.45. The number of pyridine rings is 1. The highest BCUT2D eigenvalue weighted by Gasteiger charge is 2.14. The molecule has 2 aromatic heterocycles. The van der Waals surface area contributed by atoms with Crippen LogP contribution in [0.5, 0.6) is 0 Å². The molecule has 0 aliphatic rings. The second-order valence-electron chi connectivity index (χ2n) is 4.37. The van der Waals surface area contributed by atoms with Crippen molar-refractivity contribution in [2.45, 2.75) is 0 Å². The van der Waals surface area contributed by atoms with Gasteiger partial charge in [-0.15, -0.1) is 0 Å². The van der Waals surface area contributed by atoms with E-state index in [1.807, 2.05) is 36.4 Å². The van der Waals surface area contributed by atoms with Crippen molar-refractivity contribution < 1.29 is 4.42 Å². The highest BCUT2D eigenvalue weighted by molar-refractivity contribution is 6.36. The molecule has 2 heterocycles. The molecule has 0 unspecified atom stereocenters. The summed E-state index contributed by atoms with van der Waals surface area (Å²) in [5.74, 6) is 0. The smallest absolute Gasteiger partial charge is 0.161 e. The van der Waals surface area contributed by atoms with Crippen LogP contribution in [0.25, 0.3) is 32.8 Å². The van der Waals surface area contributed by atoms with E-state index < -0.39 is 0 Å². The molecule has 0 atom stereocenters. The lowest BCUT2D eigenvalue weighted by Crippen LogP contribution is -1.81. The number of furan rings is 1. The average molecular weight is 288 g/mol. The van der Waals surface area contributed by atoms with E-state index in [2.05, 4.69) is 4.98 Å². The van der Waals surface area contributed by atoms with Gasteiger partial charge < -0.3 is 4.42 Å². The predicted octanol–water partition coefficient (Wildman–Crippen LogP) is 5.44. The Bertz CT molecular complexity index is 943. The maximum absolute atomic E-state index is 6.25. The van der Waals surface area contributed by atoms with Gasteiger partial charge in [0.2, 0.25) is 0 Å². The number of hydrogen-bond donors (Lipinski definition) is 0. The first-order valence-electron chi connectivity index (χ1n) is 5.80. The van der Waals surface area contributed by atoms with E-state index in [1.165, 1.54) is 0 Å². The van der Waals surface area contributed by atoms with Crippen molar-refractivity contribution in [3.63, 3.8) is 0 Å². The van der Waals surface area contributed by atoms with Gasteiger partial charge >= 0.3 is 0 Å². The van der Waals surface area contributed by atoms with Gasteiger partial charge in [0, 0.05) is 21.2 Å². The Kier molecular flexibility index (Phi) is 2.25. The Balaban J connectivity index is 2.32. The van der Waals surface area contributed by atoms with Crippen molar-refractivity contribution in [3.05, 3.63) is 52.6 Å². The number of rotatable bonds is 0. The number of hydrogen-bond acceptors (Lipinski definition) is 2. The highest BCUT2D eigenvalue weighted by atomic mass is 35.5. The summed E-state index contributed by atoms with van der Waals surface area (Å²) < 4.78 is 5.90. The third-order valence-corrected chi connectivity index (χ3v) is 3.75. The van der Waals surface area contributed by atoms with Crippen LogP contribution in [0, 0.1) is 0 Å². The van der Waals surface area contributed by atoms with E-state index in [1.54, 1.807) is 6.07 Å². The molecule has 2 nitrogen and oxygen atoms in total. The second kappa shape index (κ2) is 3.86. The van der Waals surface area contributed by atoms with E-state index in [4.69, 9.17) is 27.6 Å². The summed E-state index contributed by atoms with van der Waals surface area (Å²) in [5.41, 5.74) is 2.26. The zero-order chi connectivity index (χ0) is 13.0. The third kappa shape index (κ3) is 1.54. The number of nitrogens with zero attached hydrogens (tertiary/aromatic N) is 1. The van der Waals surface area contributed by atoms with Crippen LogP contribution in [-0.4, -0.2) is 4.98 Å². The number of benzene rings is 2. The molecular weight excluding hydrogens is 281 g/mol. The van der Waals surface area contributed by atoms with Crippen LogP contribution in [0.4, 0.5) is 0 Å². The average Bonchev–Trinajstić information content (AvgIpc) is 2.78. The Morgan fingerprint density at radius 1 is 0.895 bits per heavy atom. The minimum atomic E-state index is 0.478. The van der Waals surface area contributed by atoms with Gasteiger partial charge in [-0.05, 0) is 18.2 Å². The normalized spacial score (nSPS) is 11.7. The first-order chi connectivity index (χ1) is 9.24. The van der Waals surface area contributed by atoms with Gasteiger partial charge in [0.15, 0.2) is 5.58 Å². The molecule has 0 saturated carbocycles. The predicted molar refractivity (Wildman–Crippen MR) is 79.0 cm³/mol. The first kappa shape index (κ1) is 11.1. The summed E-state index contributed by atoms with van der Waals surface area (Å²) >= 11 is 12.3. The van der Waals surface area contributed by atoms with Gasteiger partial charge in [0.25, 0.3) is 0 Å². The summed E-state index contributed by atoms with van der Waals surface area (Å²) in [7, 11) is 0. The molecule has 0 radical (unpaired) electrons. The second-order valence-corrected chi connectivity index (χ2v) is 5.16. The van der Waals surface area contributed by atoms with Gasteiger partial charge in [0.05, 0.1) is 0 Å². The van der Waals surface area contributed by atoms with Crippen molar-refractivity contribution in [2.75, 3.05) is 0 Å². The Morgan fingerprint density at radius 2 is 1.68 bits per heavy atom. The zero-order valence-electron chi connectivity index (χ0n) is 9.65. The Labute approximate surface area is 118 Å². The molecule has 92 valence electrons. The fourth-order valence-electron chi connectivity index (χ4n) is 2.37. The minimum Gasteiger partial charge on any atom is -0.454 e.